The van der Waals surface area contributed by atoms with Gasteiger partial charge in [-0.15, -0.1) is 0 Å². The fraction of sp³-hybridized carbons (Fsp3) is 0.367. The second-order valence-electron chi connectivity index (χ2n) is 8.67. The van der Waals surface area contributed by atoms with Gasteiger partial charge in [0.1, 0.15) is 5.75 Å². The summed E-state index contributed by atoms with van der Waals surface area (Å²) in [6.07, 6.45) is 1.77. The van der Waals surface area contributed by atoms with E-state index in [1.807, 2.05) is 51.1 Å². The average molecular weight is 553 g/mol. The van der Waals surface area contributed by atoms with Gasteiger partial charge in [0.15, 0.2) is 16.6 Å². The lowest BCUT2D eigenvalue weighted by atomic mass is 9.92. The zero-order chi connectivity index (χ0) is 28.5. The van der Waals surface area contributed by atoms with E-state index in [2.05, 4.69) is 5.32 Å². The smallest absolute Gasteiger partial charge is 0.338 e. The molecule has 0 fully saturated rings. The molecule has 1 aliphatic rings. The molecule has 1 N–H and O–H groups in total. The van der Waals surface area contributed by atoms with Gasteiger partial charge in [-0.1, -0.05) is 18.2 Å². The molecule has 1 atom stereocenters. The maximum Gasteiger partial charge on any atom is 0.338 e. The first-order valence-corrected chi connectivity index (χ1v) is 13.5. The highest BCUT2D eigenvalue weighted by molar-refractivity contribution is 7.80. The van der Waals surface area contributed by atoms with Crippen LogP contribution in [0.2, 0.25) is 0 Å². The number of hydrogen-bond donors (Lipinski definition) is 1. The van der Waals surface area contributed by atoms with Gasteiger partial charge >= 0.3 is 5.97 Å². The molecule has 0 spiro atoms. The quantitative estimate of drug-likeness (QED) is 0.220. The van der Waals surface area contributed by atoms with Crippen molar-refractivity contribution >= 4 is 35.3 Å². The van der Waals surface area contributed by atoms with E-state index in [0.717, 1.165) is 11.3 Å². The van der Waals surface area contributed by atoms with Crippen LogP contribution in [0.3, 0.4) is 0 Å². The van der Waals surface area contributed by atoms with Crippen molar-refractivity contribution in [3.63, 3.8) is 0 Å². The molecule has 0 bridgehead atoms. The molecule has 208 valence electrons. The Labute approximate surface area is 235 Å². The number of carbonyl (C=O) groups excluding carboxylic acids is 2. The van der Waals surface area contributed by atoms with E-state index in [-0.39, 0.29) is 17.6 Å². The monoisotopic (exact) mass is 552 g/mol. The van der Waals surface area contributed by atoms with Gasteiger partial charge < -0.3 is 24.3 Å². The van der Waals surface area contributed by atoms with Gasteiger partial charge in [-0.2, -0.15) is 0 Å². The third kappa shape index (κ3) is 6.97. The van der Waals surface area contributed by atoms with Gasteiger partial charge in [0, 0.05) is 11.3 Å². The van der Waals surface area contributed by atoms with E-state index in [1.165, 1.54) is 4.90 Å². The molecule has 0 saturated carbocycles. The van der Waals surface area contributed by atoms with Gasteiger partial charge in [0.25, 0.3) is 5.91 Å². The van der Waals surface area contributed by atoms with Crippen molar-refractivity contribution in [1.29, 1.82) is 0 Å². The van der Waals surface area contributed by atoms with E-state index in [4.69, 9.17) is 31.2 Å². The molecule has 0 radical (unpaired) electrons. The van der Waals surface area contributed by atoms with Gasteiger partial charge in [0.05, 0.1) is 38.0 Å². The van der Waals surface area contributed by atoms with Crippen molar-refractivity contribution in [1.82, 2.24) is 10.2 Å². The van der Waals surface area contributed by atoms with Gasteiger partial charge in [-0.3, -0.25) is 9.69 Å². The molecule has 1 heterocycles. The number of rotatable bonds is 11. The number of benzene rings is 2. The average Bonchev–Trinajstić information content (AvgIpc) is 2.90. The number of amides is 1. The van der Waals surface area contributed by atoms with Crippen molar-refractivity contribution in [3.05, 3.63) is 70.4 Å². The standard InChI is InChI=1S/C30H36N2O6S/c1-7-35-23-14-11-21(12-15-23)17-19(5)28(33)32-27(26(29(34)38-10-4)20(6)31-30(32)39)22-13-16-24(36-8-2)25(18-22)37-9-3/h11-18,27H,7-10H2,1-6H3,(H,31,39)/b19-17+. The van der Waals surface area contributed by atoms with Crippen molar-refractivity contribution in [2.24, 2.45) is 0 Å². The minimum Gasteiger partial charge on any atom is -0.494 e. The lowest BCUT2D eigenvalue weighted by Gasteiger charge is -2.38. The maximum atomic E-state index is 14.0. The molecule has 0 saturated heterocycles. The highest BCUT2D eigenvalue weighted by Gasteiger charge is 2.40. The van der Waals surface area contributed by atoms with E-state index >= 15 is 0 Å². The first-order valence-electron chi connectivity index (χ1n) is 13.1. The van der Waals surface area contributed by atoms with Crippen LogP contribution >= 0.6 is 12.2 Å². The zero-order valence-electron chi connectivity index (χ0n) is 23.3. The highest BCUT2D eigenvalue weighted by Crippen LogP contribution is 2.39. The third-order valence-corrected chi connectivity index (χ3v) is 6.26. The lowest BCUT2D eigenvalue weighted by Crippen LogP contribution is -2.51. The number of allylic oxidation sites excluding steroid dienone is 1. The number of esters is 1. The van der Waals surface area contributed by atoms with Crippen LogP contribution in [0.1, 0.15) is 58.7 Å². The van der Waals surface area contributed by atoms with E-state index in [9.17, 15) is 9.59 Å². The zero-order valence-corrected chi connectivity index (χ0v) is 24.1. The minimum absolute atomic E-state index is 0.182. The molecule has 39 heavy (non-hydrogen) atoms. The number of nitrogens with one attached hydrogen (secondary N) is 1. The molecule has 0 aromatic heterocycles. The predicted octanol–water partition coefficient (Wildman–Crippen LogP) is 5.58. The number of ether oxygens (including phenoxy) is 4. The molecule has 1 amide bonds. The van der Waals surface area contributed by atoms with Crippen LogP contribution in [0, 0.1) is 0 Å². The Kier molecular flexibility index (Phi) is 10.5. The van der Waals surface area contributed by atoms with E-state index < -0.39 is 12.0 Å². The van der Waals surface area contributed by atoms with Gasteiger partial charge in [-0.05, 0) is 95.2 Å². The Bertz CT molecular complexity index is 1270. The van der Waals surface area contributed by atoms with Crippen molar-refractivity contribution in [2.45, 2.75) is 47.6 Å². The van der Waals surface area contributed by atoms with E-state index in [0.29, 0.717) is 53.7 Å². The predicted molar refractivity (Wildman–Crippen MR) is 155 cm³/mol. The van der Waals surface area contributed by atoms with E-state index in [1.54, 1.807) is 39.0 Å². The summed E-state index contributed by atoms with van der Waals surface area (Å²) >= 11 is 5.65. The number of hydrogen-bond acceptors (Lipinski definition) is 7. The van der Waals surface area contributed by atoms with Crippen LogP contribution < -0.4 is 19.5 Å². The molecule has 8 nitrogen and oxygen atoms in total. The molecule has 1 unspecified atom stereocenters. The summed E-state index contributed by atoms with van der Waals surface area (Å²) in [5, 5.41) is 3.21. The normalized spacial score (nSPS) is 15.5. The Balaban J connectivity index is 2.11. The van der Waals surface area contributed by atoms with Crippen LogP contribution in [0.4, 0.5) is 0 Å². The lowest BCUT2D eigenvalue weighted by molar-refractivity contribution is -0.139. The van der Waals surface area contributed by atoms with Crippen LogP contribution in [0.5, 0.6) is 17.2 Å². The van der Waals surface area contributed by atoms with Crippen molar-refractivity contribution in [3.8, 4) is 17.2 Å². The van der Waals surface area contributed by atoms with Gasteiger partial charge in [-0.25, -0.2) is 4.79 Å². The highest BCUT2D eigenvalue weighted by atomic mass is 32.1. The molecule has 9 heteroatoms. The van der Waals surface area contributed by atoms with Crippen LogP contribution in [0.15, 0.2) is 59.3 Å². The molecular formula is C30H36N2O6S. The molecule has 1 aliphatic heterocycles. The summed E-state index contributed by atoms with van der Waals surface area (Å²) in [6, 6.07) is 12.0. The van der Waals surface area contributed by atoms with Crippen molar-refractivity contribution in [2.75, 3.05) is 26.4 Å². The molecular weight excluding hydrogens is 516 g/mol. The number of nitrogens with zero attached hydrogens (tertiary/aromatic N) is 1. The molecule has 2 aromatic rings. The summed E-state index contributed by atoms with van der Waals surface area (Å²) in [6.45, 7) is 12.5. The summed E-state index contributed by atoms with van der Waals surface area (Å²) in [5.74, 6) is 0.944. The second-order valence-corrected chi connectivity index (χ2v) is 9.06. The Morgan fingerprint density at radius 1 is 0.923 bits per heavy atom. The van der Waals surface area contributed by atoms with Crippen LogP contribution in [-0.4, -0.2) is 48.3 Å². The van der Waals surface area contributed by atoms with Crippen LogP contribution in [-0.2, 0) is 14.3 Å². The fourth-order valence-electron chi connectivity index (χ4n) is 4.30. The Hall–Kier alpha value is -3.85. The minimum atomic E-state index is -0.844. The summed E-state index contributed by atoms with van der Waals surface area (Å²) < 4.78 is 22.5. The number of carbonyl (C=O) groups is 2. The first kappa shape index (κ1) is 29.7. The fourth-order valence-corrected chi connectivity index (χ4v) is 4.65. The summed E-state index contributed by atoms with van der Waals surface area (Å²) in [5.41, 5.74) is 2.71. The van der Waals surface area contributed by atoms with Gasteiger partial charge in [0.2, 0.25) is 0 Å². The molecule has 0 aliphatic carbocycles. The van der Waals surface area contributed by atoms with Crippen LogP contribution in [0.25, 0.3) is 6.08 Å². The molecule has 3 rings (SSSR count). The summed E-state index contributed by atoms with van der Waals surface area (Å²) in [7, 11) is 0. The third-order valence-electron chi connectivity index (χ3n) is 5.96. The van der Waals surface area contributed by atoms with Crippen molar-refractivity contribution < 1.29 is 28.5 Å². The largest absolute Gasteiger partial charge is 0.494 e. The topological polar surface area (TPSA) is 86.3 Å². The first-order chi connectivity index (χ1) is 18.7. The Morgan fingerprint density at radius 3 is 2.18 bits per heavy atom. The second kappa shape index (κ2) is 13.8. The maximum absolute atomic E-state index is 14.0. The number of thiocarbonyl (C=S) groups is 1. The summed E-state index contributed by atoms with van der Waals surface area (Å²) in [4.78, 5) is 28.6. The Morgan fingerprint density at radius 2 is 1.56 bits per heavy atom. The SMILES string of the molecule is CCOC(=O)C1=C(C)NC(=S)N(C(=O)/C(C)=C/c2ccc(OCC)cc2)C1c1ccc(OCC)c(OCC)c1. The molecule has 2 aromatic carbocycles.